The normalized spacial score (nSPS) is 11.4. The van der Waals surface area contributed by atoms with Gasteiger partial charge < -0.3 is 9.73 Å². The summed E-state index contributed by atoms with van der Waals surface area (Å²) in [5.74, 6) is 6.66. The molecule has 0 bridgehead atoms. The van der Waals surface area contributed by atoms with Gasteiger partial charge in [-0.3, -0.25) is 0 Å². The molecule has 0 atom stereocenters. The molecule has 0 fully saturated rings. The van der Waals surface area contributed by atoms with Crippen molar-refractivity contribution in [2.75, 3.05) is 13.1 Å². The van der Waals surface area contributed by atoms with Crippen molar-refractivity contribution in [3.63, 3.8) is 0 Å². The van der Waals surface area contributed by atoms with E-state index in [1.54, 1.807) is 13.0 Å². The van der Waals surface area contributed by atoms with Crippen LogP contribution in [0.15, 0.2) is 21.6 Å². The van der Waals surface area contributed by atoms with Crippen LogP contribution in [0, 0.1) is 17.8 Å². The van der Waals surface area contributed by atoms with E-state index in [0.29, 0.717) is 24.6 Å². The lowest BCUT2D eigenvalue weighted by Crippen LogP contribution is -2.24. The van der Waals surface area contributed by atoms with Crippen LogP contribution in [0.4, 0.5) is 0 Å². The maximum atomic E-state index is 11.9. The molecule has 6 heteroatoms. The van der Waals surface area contributed by atoms with Gasteiger partial charge in [0.2, 0.25) is 5.09 Å². The van der Waals surface area contributed by atoms with Crippen molar-refractivity contribution in [2.45, 2.75) is 38.8 Å². The predicted molar refractivity (Wildman–Crippen MR) is 78.5 cm³/mol. The van der Waals surface area contributed by atoms with Crippen molar-refractivity contribution in [2.24, 2.45) is 5.92 Å². The van der Waals surface area contributed by atoms with E-state index in [2.05, 4.69) is 35.7 Å². The summed E-state index contributed by atoms with van der Waals surface area (Å²) in [6, 6.07) is 3.15. The van der Waals surface area contributed by atoms with Gasteiger partial charge in [-0.15, -0.1) is 11.8 Å². The lowest BCUT2D eigenvalue weighted by Gasteiger charge is -2.05. The fourth-order valence-electron chi connectivity index (χ4n) is 1.53. The Balaban J connectivity index is 2.53. The average Bonchev–Trinajstić information content (AvgIpc) is 2.84. The van der Waals surface area contributed by atoms with Crippen molar-refractivity contribution in [3.05, 3.63) is 17.9 Å². The van der Waals surface area contributed by atoms with Gasteiger partial charge in [-0.2, -0.15) is 0 Å². The van der Waals surface area contributed by atoms with Crippen LogP contribution >= 0.6 is 0 Å². The Bertz CT molecular complexity index is 565. The van der Waals surface area contributed by atoms with E-state index >= 15 is 0 Å². The van der Waals surface area contributed by atoms with Gasteiger partial charge in [0.1, 0.15) is 5.76 Å². The van der Waals surface area contributed by atoms with Gasteiger partial charge in [0.25, 0.3) is 10.0 Å². The van der Waals surface area contributed by atoms with E-state index in [1.165, 1.54) is 6.07 Å². The SMILES string of the molecule is CC#CCCNS(=O)(=O)c1ccc(CNCC(C)C)o1. The van der Waals surface area contributed by atoms with Gasteiger partial charge in [0, 0.05) is 13.0 Å². The van der Waals surface area contributed by atoms with E-state index in [0.717, 1.165) is 6.54 Å². The van der Waals surface area contributed by atoms with Gasteiger partial charge in [-0.25, -0.2) is 13.1 Å². The minimum atomic E-state index is -3.57. The highest BCUT2D eigenvalue weighted by molar-refractivity contribution is 7.89. The first-order chi connectivity index (χ1) is 9.45. The maximum Gasteiger partial charge on any atom is 0.273 e. The van der Waals surface area contributed by atoms with Crippen LogP contribution < -0.4 is 10.0 Å². The van der Waals surface area contributed by atoms with Gasteiger partial charge in [-0.05, 0) is 31.5 Å². The highest BCUT2D eigenvalue weighted by atomic mass is 32.2. The quantitative estimate of drug-likeness (QED) is 0.566. The lowest BCUT2D eigenvalue weighted by atomic mass is 10.2. The van der Waals surface area contributed by atoms with Crippen molar-refractivity contribution < 1.29 is 12.8 Å². The van der Waals surface area contributed by atoms with Crippen LogP contribution in [0.2, 0.25) is 0 Å². The fourth-order valence-corrected chi connectivity index (χ4v) is 2.50. The van der Waals surface area contributed by atoms with E-state index < -0.39 is 10.0 Å². The van der Waals surface area contributed by atoms with Crippen molar-refractivity contribution in [3.8, 4) is 11.8 Å². The molecule has 0 radical (unpaired) electrons. The van der Waals surface area contributed by atoms with E-state index in [-0.39, 0.29) is 11.6 Å². The third kappa shape index (κ3) is 5.78. The molecule has 1 aromatic rings. The molecule has 0 aliphatic rings. The molecule has 0 saturated heterocycles. The van der Waals surface area contributed by atoms with Crippen LogP contribution in [-0.4, -0.2) is 21.5 Å². The molecule has 20 heavy (non-hydrogen) atoms. The summed E-state index contributed by atoms with van der Waals surface area (Å²) in [5.41, 5.74) is 0. The molecule has 1 heterocycles. The first-order valence-electron chi connectivity index (χ1n) is 6.64. The molecule has 0 aromatic carbocycles. The molecule has 1 aromatic heterocycles. The third-order valence-corrected chi connectivity index (χ3v) is 3.81. The second-order valence-electron chi connectivity index (χ2n) is 4.82. The number of sulfonamides is 1. The zero-order chi connectivity index (χ0) is 15.0. The zero-order valence-corrected chi connectivity index (χ0v) is 13.0. The van der Waals surface area contributed by atoms with Crippen LogP contribution in [0.1, 0.15) is 33.0 Å². The number of nitrogens with one attached hydrogen (secondary N) is 2. The molecular weight excluding hydrogens is 276 g/mol. The molecule has 2 N–H and O–H groups in total. The van der Waals surface area contributed by atoms with Crippen LogP contribution in [0.3, 0.4) is 0 Å². The smallest absolute Gasteiger partial charge is 0.273 e. The molecule has 112 valence electrons. The Labute approximate surface area is 121 Å². The molecule has 0 saturated carbocycles. The van der Waals surface area contributed by atoms with Crippen molar-refractivity contribution >= 4 is 10.0 Å². The summed E-state index contributed by atoms with van der Waals surface area (Å²) >= 11 is 0. The van der Waals surface area contributed by atoms with E-state index in [1.807, 2.05) is 0 Å². The predicted octanol–water partition coefficient (Wildman–Crippen LogP) is 1.72. The lowest BCUT2D eigenvalue weighted by molar-refractivity contribution is 0.395. The van der Waals surface area contributed by atoms with E-state index in [4.69, 9.17) is 4.42 Å². The molecule has 1 rings (SSSR count). The largest absolute Gasteiger partial charge is 0.447 e. The summed E-state index contributed by atoms with van der Waals surface area (Å²) < 4.78 is 31.6. The monoisotopic (exact) mass is 298 g/mol. The Kier molecular flexibility index (Phi) is 6.79. The minimum Gasteiger partial charge on any atom is -0.447 e. The number of hydrogen-bond donors (Lipinski definition) is 2. The van der Waals surface area contributed by atoms with Gasteiger partial charge in [0.15, 0.2) is 0 Å². The number of hydrogen-bond acceptors (Lipinski definition) is 4. The minimum absolute atomic E-state index is 0.0525. The topological polar surface area (TPSA) is 71.3 Å². The maximum absolute atomic E-state index is 11.9. The van der Waals surface area contributed by atoms with Gasteiger partial charge in [-0.1, -0.05) is 13.8 Å². The molecule has 0 aliphatic carbocycles. The van der Waals surface area contributed by atoms with Crippen molar-refractivity contribution in [1.29, 1.82) is 0 Å². The summed E-state index contributed by atoms with van der Waals surface area (Å²) in [7, 11) is -3.57. The third-order valence-electron chi connectivity index (χ3n) is 2.47. The standard InChI is InChI=1S/C14H22N2O3S/c1-4-5-6-9-16-20(17,18)14-8-7-13(19-14)11-15-10-12(2)3/h7-8,12,15-16H,6,9-11H2,1-3H3. The van der Waals surface area contributed by atoms with Crippen LogP contribution in [0.25, 0.3) is 0 Å². The Morgan fingerprint density at radius 1 is 1.35 bits per heavy atom. The second-order valence-corrected chi connectivity index (χ2v) is 6.52. The highest BCUT2D eigenvalue weighted by Gasteiger charge is 2.17. The Morgan fingerprint density at radius 3 is 2.75 bits per heavy atom. The van der Waals surface area contributed by atoms with E-state index in [9.17, 15) is 8.42 Å². The first kappa shape index (κ1) is 16.8. The van der Waals surface area contributed by atoms with Gasteiger partial charge in [0.05, 0.1) is 6.54 Å². The number of rotatable bonds is 8. The Hall–Kier alpha value is -1.29. The molecule has 5 nitrogen and oxygen atoms in total. The van der Waals surface area contributed by atoms with Crippen LogP contribution in [0.5, 0.6) is 0 Å². The highest BCUT2D eigenvalue weighted by Crippen LogP contribution is 2.13. The van der Waals surface area contributed by atoms with Crippen LogP contribution in [-0.2, 0) is 16.6 Å². The molecule has 0 unspecified atom stereocenters. The summed E-state index contributed by atoms with van der Waals surface area (Å²) in [6.45, 7) is 7.59. The average molecular weight is 298 g/mol. The zero-order valence-electron chi connectivity index (χ0n) is 12.2. The summed E-state index contributed by atoms with van der Waals surface area (Å²) in [6.07, 6.45) is 0.485. The summed E-state index contributed by atoms with van der Waals surface area (Å²) in [4.78, 5) is 0. The molecule has 0 spiro atoms. The molecule has 0 aliphatic heterocycles. The number of furan rings is 1. The molecular formula is C14H22N2O3S. The fraction of sp³-hybridized carbons (Fsp3) is 0.571. The summed E-state index contributed by atoms with van der Waals surface area (Å²) in [5, 5.41) is 3.15. The van der Waals surface area contributed by atoms with Gasteiger partial charge >= 0.3 is 0 Å². The second kappa shape index (κ2) is 8.10. The Morgan fingerprint density at radius 2 is 2.10 bits per heavy atom. The molecule has 0 amide bonds. The van der Waals surface area contributed by atoms with Crippen molar-refractivity contribution in [1.82, 2.24) is 10.0 Å². The first-order valence-corrected chi connectivity index (χ1v) is 8.12.